The molecule has 202 valence electrons. The van der Waals surface area contributed by atoms with Crippen LogP contribution in [0.3, 0.4) is 0 Å². The van der Waals surface area contributed by atoms with Crippen LogP contribution in [0.15, 0.2) is 42.5 Å². The summed E-state index contributed by atoms with van der Waals surface area (Å²) in [7, 11) is -3.63. The number of nitrogens with zero attached hydrogens (tertiary/aromatic N) is 2. The van der Waals surface area contributed by atoms with E-state index < -0.39 is 16.1 Å². The molecule has 37 heavy (non-hydrogen) atoms. The fraction of sp³-hybridized carbons (Fsp3) is 0.462. The van der Waals surface area contributed by atoms with E-state index in [2.05, 4.69) is 5.32 Å². The number of nitrogens with one attached hydrogen (secondary N) is 1. The van der Waals surface area contributed by atoms with Gasteiger partial charge in [-0.1, -0.05) is 36.7 Å². The quantitative estimate of drug-likeness (QED) is 0.432. The van der Waals surface area contributed by atoms with Gasteiger partial charge in [0.2, 0.25) is 21.8 Å². The fourth-order valence-electron chi connectivity index (χ4n) is 4.21. The summed E-state index contributed by atoms with van der Waals surface area (Å²) in [5, 5.41) is 3.30. The van der Waals surface area contributed by atoms with E-state index in [9.17, 15) is 18.0 Å². The molecule has 1 N–H and O–H groups in total. The minimum atomic E-state index is -3.63. The van der Waals surface area contributed by atoms with E-state index in [1.165, 1.54) is 9.21 Å². The minimum absolute atomic E-state index is 0.0525. The Morgan fingerprint density at radius 3 is 2.43 bits per heavy atom. The van der Waals surface area contributed by atoms with Gasteiger partial charge in [-0.2, -0.15) is 0 Å². The highest BCUT2D eigenvalue weighted by molar-refractivity contribution is 7.92. The van der Waals surface area contributed by atoms with Crippen LogP contribution >= 0.6 is 11.6 Å². The SMILES string of the molecule is CCNC(=O)[C@H](CC)N(Cc1ccccc1Cl)C(=O)CCCN(c1ccc2c(c1)OCCO2)S(C)(=O)=O. The number of carbonyl (C=O) groups is 2. The Labute approximate surface area is 223 Å². The van der Waals surface area contributed by atoms with E-state index in [-0.39, 0.29) is 37.7 Å². The normalized spacial score (nSPS) is 13.5. The van der Waals surface area contributed by atoms with Crippen molar-refractivity contribution in [3.8, 4) is 11.5 Å². The number of sulfonamides is 1. The third-order valence-electron chi connectivity index (χ3n) is 6.00. The van der Waals surface area contributed by atoms with Crippen molar-refractivity contribution in [2.75, 3.05) is 36.9 Å². The summed E-state index contributed by atoms with van der Waals surface area (Å²) in [4.78, 5) is 27.7. The molecule has 2 amide bonds. The molecular weight excluding hydrogens is 518 g/mol. The van der Waals surface area contributed by atoms with Gasteiger partial charge >= 0.3 is 0 Å². The van der Waals surface area contributed by atoms with Gasteiger partial charge in [0.15, 0.2) is 11.5 Å². The van der Waals surface area contributed by atoms with Crippen LogP contribution in [0.4, 0.5) is 5.69 Å². The lowest BCUT2D eigenvalue weighted by Crippen LogP contribution is -2.49. The predicted octanol–water partition coefficient (Wildman–Crippen LogP) is 3.60. The molecule has 2 aromatic carbocycles. The van der Waals surface area contributed by atoms with Gasteiger partial charge in [-0.25, -0.2) is 8.42 Å². The van der Waals surface area contributed by atoms with Crippen LogP contribution in [0.25, 0.3) is 0 Å². The number of rotatable bonds is 12. The standard InChI is InChI=1S/C26H34ClN3O6S/c1-4-22(26(32)28-5-2)29(18-19-9-6-7-10-21(19)27)25(31)11-8-14-30(37(3,33)34)20-12-13-23-24(17-20)36-16-15-35-23/h6-7,9-10,12-13,17,22H,4-5,8,11,14-16,18H2,1-3H3,(H,28,32)/t22-/m0/s1. The molecule has 11 heteroatoms. The Kier molecular flexibility index (Phi) is 10.0. The number of anilines is 1. The molecule has 2 aromatic rings. The van der Waals surface area contributed by atoms with Gasteiger partial charge in [0, 0.05) is 37.1 Å². The Morgan fingerprint density at radius 2 is 1.78 bits per heavy atom. The number of benzene rings is 2. The van der Waals surface area contributed by atoms with E-state index in [4.69, 9.17) is 21.1 Å². The summed E-state index contributed by atoms with van der Waals surface area (Å²) < 4.78 is 37.6. The molecule has 0 saturated heterocycles. The van der Waals surface area contributed by atoms with Crippen molar-refractivity contribution in [3.63, 3.8) is 0 Å². The molecule has 3 rings (SSSR count). The summed E-state index contributed by atoms with van der Waals surface area (Å²) in [6.45, 7) is 5.19. The first-order valence-electron chi connectivity index (χ1n) is 12.3. The minimum Gasteiger partial charge on any atom is -0.486 e. The molecule has 0 saturated carbocycles. The molecule has 0 radical (unpaired) electrons. The smallest absolute Gasteiger partial charge is 0.242 e. The second-order valence-corrected chi connectivity index (χ2v) is 11.0. The third kappa shape index (κ3) is 7.52. The zero-order valence-electron chi connectivity index (χ0n) is 21.4. The predicted molar refractivity (Wildman–Crippen MR) is 144 cm³/mol. The lowest BCUT2D eigenvalue weighted by molar-refractivity contribution is -0.141. The van der Waals surface area contributed by atoms with E-state index in [1.807, 2.05) is 26.0 Å². The lowest BCUT2D eigenvalue weighted by Gasteiger charge is -2.31. The van der Waals surface area contributed by atoms with Crippen LogP contribution in [0, 0.1) is 0 Å². The third-order valence-corrected chi connectivity index (χ3v) is 7.56. The van der Waals surface area contributed by atoms with Crippen molar-refractivity contribution in [3.05, 3.63) is 53.1 Å². The summed E-state index contributed by atoms with van der Waals surface area (Å²) >= 11 is 6.34. The maximum absolute atomic E-state index is 13.4. The van der Waals surface area contributed by atoms with Crippen LogP contribution in [0.2, 0.25) is 5.02 Å². The van der Waals surface area contributed by atoms with Gasteiger partial charge in [-0.15, -0.1) is 0 Å². The summed E-state index contributed by atoms with van der Waals surface area (Å²) in [6.07, 6.45) is 1.86. The molecule has 0 aliphatic carbocycles. The van der Waals surface area contributed by atoms with Gasteiger partial charge in [0.1, 0.15) is 19.3 Å². The summed E-state index contributed by atoms with van der Waals surface area (Å²) in [5.41, 5.74) is 1.16. The molecule has 0 spiro atoms. The second kappa shape index (κ2) is 13.0. The number of amides is 2. The topological polar surface area (TPSA) is 105 Å². The van der Waals surface area contributed by atoms with Gasteiger partial charge in [-0.05, 0) is 43.5 Å². The lowest BCUT2D eigenvalue weighted by atomic mass is 10.1. The van der Waals surface area contributed by atoms with Crippen molar-refractivity contribution in [2.45, 2.75) is 45.7 Å². The zero-order chi connectivity index (χ0) is 27.0. The average molecular weight is 552 g/mol. The average Bonchev–Trinajstić information content (AvgIpc) is 2.86. The number of halogens is 1. The highest BCUT2D eigenvalue weighted by atomic mass is 35.5. The van der Waals surface area contributed by atoms with Crippen molar-refractivity contribution < 1.29 is 27.5 Å². The first-order valence-corrected chi connectivity index (χ1v) is 14.6. The molecule has 0 unspecified atom stereocenters. The molecular formula is C26H34ClN3O6S. The Bertz CT molecular complexity index is 1210. The van der Waals surface area contributed by atoms with E-state index in [1.54, 1.807) is 30.3 Å². The molecule has 1 aliphatic rings. The molecule has 0 bridgehead atoms. The van der Waals surface area contributed by atoms with Crippen LogP contribution in [-0.4, -0.2) is 63.7 Å². The number of hydrogen-bond donors (Lipinski definition) is 1. The monoisotopic (exact) mass is 551 g/mol. The van der Waals surface area contributed by atoms with Crippen molar-refractivity contribution in [1.29, 1.82) is 0 Å². The van der Waals surface area contributed by atoms with Crippen molar-refractivity contribution >= 4 is 39.1 Å². The molecule has 0 fully saturated rings. The summed E-state index contributed by atoms with van der Waals surface area (Å²) in [6, 6.07) is 11.5. The number of ether oxygens (including phenoxy) is 2. The molecule has 1 aliphatic heterocycles. The van der Waals surface area contributed by atoms with E-state index in [0.29, 0.717) is 48.4 Å². The van der Waals surface area contributed by atoms with Gasteiger partial charge in [-0.3, -0.25) is 13.9 Å². The number of fused-ring (bicyclic) bond motifs is 1. The fourth-order valence-corrected chi connectivity index (χ4v) is 5.37. The molecule has 1 atom stereocenters. The maximum Gasteiger partial charge on any atom is 0.242 e. The Morgan fingerprint density at radius 1 is 1.08 bits per heavy atom. The number of likely N-dealkylation sites (N-methyl/N-ethyl adjacent to an activating group) is 1. The Hall–Kier alpha value is -2.98. The van der Waals surface area contributed by atoms with Crippen LogP contribution in [-0.2, 0) is 26.2 Å². The van der Waals surface area contributed by atoms with E-state index in [0.717, 1.165) is 11.8 Å². The van der Waals surface area contributed by atoms with Gasteiger partial charge in [0.25, 0.3) is 0 Å². The van der Waals surface area contributed by atoms with Crippen molar-refractivity contribution in [2.24, 2.45) is 0 Å². The molecule has 1 heterocycles. The largest absolute Gasteiger partial charge is 0.486 e. The maximum atomic E-state index is 13.4. The number of carbonyl (C=O) groups excluding carboxylic acids is 2. The zero-order valence-corrected chi connectivity index (χ0v) is 23.0. The highest BCUT2D eigenvalue weighted by Gasteiger charge is 2.29. The highest BCUT2D eigenvalue weighted by Crippen LogP contribution is 2.34. The first kappa shape index (κ1) is 28.6. The molecule has 0 aromatic heterocycles. The van der Waals surface area contributed by atoms with Crippen LogP contribution < -0.4 is 19.1 Å². The first-order chi connectivity index (χ1) is 17.7. The summed E-state index contributed by atoms with van der Waals surface area (Å²) in [5.74, 6) is 0.546. The van der Waals surface area contributed by atoms with Crippen LogP contribution in [0.5, 0.6) is 11.5 Å². The number of hydrogen-bond acceptors (Lipinski definition) is 6. The Balaban J connectivity index is 1.77. The van der Waals surface area contributed by atoms with Gasteiger partial charge in [0.05, 0.1) is 11.9 Å². The van der Waals surface area contributed by atoms with Crippen LogP contribution in [0.1, 0.15) is 38.7 Å². The van der Waals surface area contributed by atoms with E-state index >= 15 is 0 Å². The molecule has 9 nitrogen and oxygen atoms in total. The second-order valence-electron chi connectivity index (χ2n) is 8.70. The van der Waals surface area contributed by atoms with Crippen molar-refractivity contribution in [1.82, 2.24) is 10.2 Å². The van der Waals surface area contributed by atoms with Gasteiger partial charge < -0.3 is 19.7 Å².